The molecule has 1 atom stereocenters. The van der Waals surface area contributed by atoms with Crippen LogP contribution in [0.3, 0.4) is 0 Å². The fraction of sp³-hybridized carbons (Fsp3) is 0.429. The predicted octanol–water partition coefficient (Wildman–Crippen LogP) is 4.58. The van der Waals surface area contributed by atoms with E-state index in [0.717, 1.165) is 13.0 Å². The summed E-state index contributed by atoms with van der Waals surface area (Å²) in [5, 5.41) is 3.70. The van der Waals surface area contributed by atoms with Gasteiger partial charge in [-0.3, -0.25) is 4.90 Å². The Bertz CT molecular complexity index is 592. The van der Waals surface area contributed by atoms with Crippen LogP contribution >= 0.6 is 0 Å². The fourth-order valence-corrected chi connectivity index (χ4v) is 3.66. The Balaban J connectivity index is 1.55. The maximum absolute atomic E-state index is 3.70. The molecule has 23 heavy (non-hydrogen) atoms. The lowest BCUT2D eigenvalue weighted by atomic mass is 9.86. The van der Waals surface area contributed by atoms with Gasteiger partial charge in [-0.05, 0) is 50.8 Å². The van der Waals surface area contributed by atoms with Gasteiger partial charge in [-0.2, -0.15) is 0 Å². The van der Waals surface area contributed by atoms with Gasteiger partial charge in [0.05, 0.1) is 0 Å². The minimum Gasteiger partial charge on any atom is -0.382 e. The molecular formula is C21H28N2. The summed E-state index contributed by atoms with van der Waals surface area (Å²) in [5.41, 5.74) is 2.93. The summed E-state index contributed by atoms with van der Waals surface area (Å²) in [7, 11) is 0. The standard InChI is InChI=1S/C21H28N2/c1-21(2)17-20(22-19-11-7-4-8-12-19)14-16-23(21)15-13-18-9-5-3-6-10-18/h3-12,20,22H,13-17H2,1-2H3/t20-/m0/s1. The average Bonchev–Trinajstić information content (AvgIpc) is 2.55. The van der Waals surface area contributed by atoms with E-state index in [9.17, 15) is 0 Å². The molecular weight excluding hydrogens is 280 g/mol. The van der Waals surface area contributed by atoms with Crippen molar-refractivity contribution in [3.63, 3.8) is 0 Å². The second-order valence-electron chi connectivity index (χ2n) is 7.24. The first-order valence-corrected chi connectivity index (χ1v) is 8.74. The van der Waals surface area contributed by atoms with Crippen molar-refractivity contribution in [3.8, 4) is 0 Å². The smallest absolute Gasteiger partial charge is 0.0342 e. The van der Waals surface area contributed by atoms with Crippen molar-refractivity contribution in [3.05, 3.63) is 66.2 Å². The Hall–Kier alpha value is -1.80. The zero-order chi connectivity index (χ0) is 16.1. The lowest BCUT2D eigenvalue weighted by molar-refractivity contribution is 0.0720. The van der Waals surface area contributed by atoms with Crippen LogP contribution in [0.1, 0.15) is 32.3 Å². The van der Waals surface area contributed by atoms with Crippen molar-refractivity contribution in [2.45, 2.75) is 44.7 Å². The number of hydrogen-bond acceptors (Lipinski definition) is 2. The van der Waals surface area contributed by atoms with E-state index < -0.39 is 0 Å². The van der Waals surface area contributed by atoms with Gasteiger partial charge in [0, 0.05) is 30.4 Å². The molecule has 1 saturated heterocycles. The molecule has 2 nitrogen and oxygen atoms in total. The third kappa shape index (κ3) is 4.35. The molecule has 0 bridgehead atoms. The monoisotopic (exact) mass is 308 g/mol. The number of likely N-dealkylation sites (tertiary alicyclic amines) is 1. The molecule has 3 rings (SSSR count). The Labute approximate surface area is 140 Å². The zero-order valence-electron chi connectivity index (χ0n) is 14.3. The van der Waals surface area contributed by atoms with Crippen LogP contribution in [0.2, 0.25) is 0 Å². The molecule has 1 aliphatic heterocycles. The number of piperidine rings is 1. The van der Waals surface area contributed by atoms with E-state index in [1.807, 2.05) is 0 Å². The van der Waals surface area contributed by atoms with E-state index in [2.05, 4.69) is 84.7 Å². The summed E-state index contributed by atoms with van der Waals surface area (Å²) in [6.45, 7) is 7.09. The number of nitrogens with one attached hydrogen (secondary N) is 1. The van der Waals surface area contributed by atoms with Gasteiger partial charge in [0.15, 0.2) is 0 Å². The molecule has 2 heteroatoms. The molecule has 1 aliphatic rings. The summed E-state index contributed by atoms with van der Waals surface area (Å²) in [6.07, 6.45) is 3.55. The number of nitrogens with zero attached hydrogens (tertiary/aromatic N) is 1. The predicted molar refractivity (Wildman–Crippen MR) is 98.9 cm³/mol. The third-order valence-corrected chi connectivity index (χ3v) is 5.01. The van der Waals surface area contributed by atoms with Gasteiger partial charge < -0.3 is 5.32 Å². The summed E-state index contributed by atoms with van der Waals surface area (Å²) < 4.78 is 0. The molecule has 0 radical (unpaired) electrons. The molecule has 0 aromatic heterocycles. The quantitative estimate of drug-likeness (QED) is 0.869. The van der Waals surface area contributed by atoms with Crippen LogP contribution in [0.4, 0.5) is 5.69 Å². The SMILES string of the molecule is CC1(C)C[C@@H](Nc2ccccc2)CCN1CCc1ccccc1. The molecule has 0 saturated carbocycles. The van der Waals surface area contributed by atoms with Gasteiger partial charge >= 0.3 is 0 Å². The van der Waals surface area contributed by atoms with E-state index in [1.165, 1.54) is 30.6 Å². The van der Waals surface area contributed by atoms with Crippen LogP contribution in [0, 0.1) is 0 Å². The van der Waals surface area contributed by atoms with Crippen molar-refractivity contribution < 1.29 is 0 Å². The molecule has 1 heterocycles. The minimum absolute atomic E-state index is 0.249. The Kier molecular flexibility index (Phi) is 5.02. The second kappa shape index (κ2) is 7.18. The number of benzene rings is 2. The lowest BCUT2D eigenvalue weighted by Gasteiger charge is -2.46. The summed E-state index contributed by atoms with van der Waals surface area (Å²) >= 11 is 0. The lowest BCUT2D eigenvalue weighted by Crippen LogP contribution is -2.53. The number of para-hydroxylation sites is 1. The number of anilines is 1. The van der Waals surface area contributed by atoms with Crippen molar-refractivity contribution in [2.75, 3.05) is 18.4 Å². The second-order valence-corrected chi connectivity index (χ2v) is 7.24. The van der Waals surface area contributed by atoms with Crippen LogP contribution in [-0.4, -0.2) is 29.6 Å². The van der Waals surface area contributed by atoms with Crippen LogP contribution < -0.4 is 5.32 Å². The van der Waals surface area contributed by atoms with Crippen LogP contribution in [0.25, 0.3) is 0 Å². The Morgan fingerprint density at radius 1 is 1.00 bits per heavy atom. The number of rotatable bonds is 5. The van der Waals surface area contributed by atoms with Crippen molar-refractivity contribution >= 4 is 5.69 Å². The first-order valence-electron chi connectivity index (χ1n) is 8.74. The third-order valence-electron chi connectivity index (χ3n) is 5.01. The maximum Gasteiger partial charge on any atom is 0.0342 e. The Morgan fingerprint density at radius 3 is 2.30 bits per heavy atom. The molecule has 2 aromatic carbocycles. The summed E-state index contributed by atoms with van der Waals surface area (Å²) in [5.74, 6) is 0. The van der Waals surface area contributed by atoms with Gasteiger partial charge in [0.2, 0.25) is 0 Å². The fourth-order valence-electron chi connectivity index (χ4n) is 3.66. The van der Waals surface area contributed by atoms with Crippen LogP contribution in [0.15, 0.2) is 60.7 Å². The highest BCUT2D eigenvalue weighted by Crippen LogP contribution is 2.29. The highest BCUT2D eigenvalue weighted by molar-refractivity contribution is 5.43. The molecule has 0 spiro atoms. The average molecular weight is 308 g/mol. The summed E-state index contributed by atoms with van der Waals surface area (Å²) in [4.78, 5) is 2.66. The molecule has 0 unspecified atom stereocenters. The van der Waals surface area contributed by atoms with Gasteiger partial charge in [-0.1, -0.05) is 48.5 Å². The van der Waals surface area contributed by atoms with Gasteiger partial charge in [-0.25, -0.2) is 0 Å². The largest absolute Gasteiger partial charge is 0.382 e. The first kappa shape index (κ1) is 16.1. The van der Waals surface area contributed by atoms with E-state index >= 15 is 0 Å². The van der Waals surface area contributed by atoms with Gasteiger partial charge in [0.1, 0.15) is 0 Å². The normalized spacial score (nSPS) is 21.0. The summed E-state index contributed by atoms with van der Waals surface area (Å²) in [6, 6.07) is 22.0. The topological polar surface area (TPSA) is 15.3 Å². The molecule has 1 fully saturated rings. The van der Waals surface area contributed by atoms with Crippen LogP contribution in [0.5, 0.6) is 0 Å². The Morgan fingerprint density at radius 2 is 1.65 bits per heavy atom. The van der Waals surface area contributed by atoms with E-state index in [-0.39, 0.29) is 5.54 Å². The van der Waals surface area contributed by atoms with E-state index in [0.29, 0.717) is 6.04 Å². The maximum atomic E-state index is 3.70. The molecule has 0 amide bonds. The highest BCUT2D eigenvalue weighted by atomic mass is 15.2. The van der Waals surface area contributed by atoms with Crippen LogP contribution in [-0.2, 0) is 6.42 Å². The van der Waals surface area contributed by atoms with E-state index in [1.54, 1.807) is 0 Å². The number of hydrogen-bond donors (Lipinski definition) is 1. The molecule has 0 aliphatic carbocycles. The molecule has 2 aromatic rings. The van der Waals surface area contributed by atoms with Gasteiger partial charge in [-0.15, -0.1) is 0 Å². The minimum atomic E-state index is 0.249. The molecule has 122 valence electrons. The zero-order valence-corrected chi connectivity index (χ0v) is 14.3. The van der Waals surface area contributed by atoms with E-state index in [4.69, 9.17) is 0 Å². The van der Waals surface area contributed by atoms with Crippen molar-refractivity contribution in [2.24, 2.45) is 0 Å². The molecule has 1 N–H and O–H groups in total. The van der Waals surface area contributed by atoms with Gasteiger partial charge in [0.25, 0.3) is 0 Å². The van der Waals surface area contributed by atoms with Crippen molar-refractivity contribution in [1.82, 2.24) is 4.90 Å². The first-order chi connectivity index (χ1) is 11.1. The highest BCUT2D eigenvalue weighted by Gasteiger charge is 2.34. The van der Waals surface area contributed by atoms with Crippen molar-refractivity contribution in [1.29, 1.82) is 0 Å².